The summed E-state index contributed by atoms with van der Waals surface area (Å²) in [6.07, 6.45) is 4.95. The standard InChI is InChI=1S/C20H27N3O/c1-16-8-4-5-14-23(16)15-7-13-21-20(24)22-19-12-6-10-17-9-2-3-11-18(17)19/h2-3,6,9-12,16H,4-5,7-8,13-15H2,1H3,(H2,21,22,24)/t16-/m0/s1. The molecule has 1 saturated heterocycles. The molecule has 0 bridgehead atoms. The molecule has 0 unspecified atom stereocenters. The lowest BCUT2D eigenvalue weighted by atomic mass is 10.0. The highest BCUT2D eigenvalue weighted by Crippen LogP contribution is 2.22. The van der Waals surface area contributed by atoms with E-state index in [1.54, 1.807) is 0 Å². The second-order valence-corrected chi connectivity index (χ2v) is 6.64. The zero-order valence-electron chi connectivity index (χ0n) is 14.4. The molecule has 0 aromatic heterocycles. The maximum absolute atomic E-state index is 12.1. The normalized spacial score (nSPS) is 18.5. The van der Waals surface area contributed by atoms with Crippen molar-refractivity contribution in [1.82, 2.24) is 10.2 Å². The van der Waals surface area contributed by atoms with Crippen LogP contribution in [-0.2, 0) is 0 Å². The fourth-order valence-corrected chi connectivity index (χ4v) is 3.47. The number of fused-ring (bicyclic) bond motifs is 1. The zero-order chi connectivity index (χ0) is 16.8. The van der Waals surface area contributed by atoms with E-state index in [9.17, 15) is 4.79 Å². The van der Waals surface area contributed by atoms with Crippen LogP contribution in [0.25, 0.3) is 10.8 Å². The number of nitrogens with zero attached hydrogens (tertiary/aromatic N) is 1. The molecule has 2 N–H and O–H groups in total. The second-order valence-electron chi connectivity index (χ2n) is 6.64. The Balaban J connectivity index is 1.45. The third kappa shape index (κ3) is 4.26. The van der Waals surface area contributed by atoms with Gasteiger partial charge in [-0.05, 0) is 44.2 Å². The topological polar surface area (TPSA) is 44.4 Å². The van der Waals surface area contributed by atoms with Crippen molar-refractivity contribution in [3.05, 3.63) is 42.5 Å². The number of rotatable bonds is 5. The summed E-state index contributed by atoms with van der Waals surface area (Å²) in [5.74, 6) is 0. The number of piperidine rings is 1. The molecule has 4 heteroatoms. The van der Waals surface area contributed by atoms with Crippen molar-refractivity contribution in [3.8, 4) is 0 Å². The molecule has 24 heavy (non-hydrogen) atoms. The van der Waals surface area contributed by atoms with Crippen molar-refractivity contribution in [3.63, 3.8) is 0 Å². The minimum absolute atomic E-state index is 0.127. The SMILES string of the molecule is C[C@H]1CCCCN1CCCNC(=O)Nc1cccc2ccccc12. The number of hydrogen-bond acceptors (Lipinski definition) is 2. The van der Waals surface area contributed by atoms with E-state index in [4.69, 9.17) is 0 Å². The number of anilines is 1. The Kier molecular flexibility index (Phi) is 5.70. The van der Waals surface area contributed by atoms with Crippen LogP contribution in [0, 0.1) is 0 Å². The summed E-state index contributed by atoms with van der Waals surface area (Å²) in [5, 5.41) is 8.14. The Morgan fingerprint density at radius 1 is 1.17 bits per heavy atom. The first-order chi connectivity index (χ1) is 11.7. The van der Waals surface area contributed by atoms with Crippen molar-refractivity contribution in [2.75, 3.05) is 25.0 Å². The van der Waals surface area contributed by atoms with Crippen LogP contribution >= 0.6 is 0 Å². The van der Waals surface area contributed by atoms with Crippen LogP contribution in [0.5, 0.6) is 0 Å². The monoisotopic (exact) mass is 325 g/mol. The van der Waals surface area contributed by atoms with E-state index in [-0.39, 0.29) is 6.03 Å². The molecule has 1 aliphatic rings. The first-order valence-corrected chi connectivity index (χ1v) is 9.01. The van der Waals surface area contributed by atoms with Crippen molar-refractivity contribution in [1.29, 1.82) is 0 Å². The molecule has 0 aliphatic carbocycles. The Morgan fingerprint density at radius 3 is 2.88 bits per heavy atom. The fraction of sp³-hybridized carbons (Fsp3) is 0.450. The molecule has 1 heterocycles. The smallest absolute Gasteiger partial charge is 0.319 e. The zero-order valence-corrected chi connectivity index (χ0v) is 14.4. The van der Waals surface area contributed by atoms with Crippen molar-refractivity contribution in [2.24, 2.45) is 0 Å². The average Bonchev–Trinajstić information content (AvgIpc) is 2.60. The van der Waals surface area contributed by atoms with E-state index >= 15 is 0 Å². The van der Waals surface area contributed by atoms with Gasteiger partial charge in [0.25, 0.3) is 0 Å². The van der Waals surface area contributed by atoms with Crippen LogP contribution in [0.2, 0.25) is 0 Å². The molecule has 2 amide bonds. The van der Waals surface area contributed by atoms with Gasteiger partial charge in [0.1, 0.15) is 0 Å². The molecule has 128 valence electrons. The van der Waals surface area contributed by atoms with Crippen LogP contribution in [0.4, 0.5) is 10.5 Å². The number of likely N-dealkylation sites (tertiary alicyclic amines) is 1. The van der Waals surface area contributed by atoms with Gasteiger partial charge in [0.2, 0.25) is 0 Å². The second kappa shape index (κ2) is 8.15. The molecule has 1 fully saturated rings. The van der Waals surface area contributed by atoms with Gasteiger partial charge in [-0.3, -0.25) is 0 Å². The molecule has 2 aromatic rings. The maximum atomic E-state index is 12.1. The largest absolute Gasteiger partial charge is 0.338 e. The number of urea groups is 1. The molecular weight excluding hydrogens is 298 g/mol. The van der Waals surface area contributed by atoms with Gasteiger partial charge in [-0.1, -0.05) is 42.8 Å². The summed E-state index contributed by atoms with van der Waals surface area (Å²) >= 11 is 0. The number of hydrogen-bond donors (Lipinski definition) is 2. The quantitative estimate of drug-likeness (QED) is 0.808. The van der Waals surface area contributed by atoms with Gasteiger partial charge in [-0.25, -0.2) is 4.79 Å². The van der Waals surface area contributed by atoms with Crippen LogP contribution in [0.15, 0.2) is 42.5 Å². The third-order valence-electron chi connectivity index (χ3n) is 4.89. The lowest BCUT2D eigenvalue weighted by molar-refractivity contribution is 0.159. The van der Waals surface area contributed by atoms with Crippen molar-refractivity contribution < 1.29 is 4.79 Å². The van der Waals surface area contributed by atoms with E-state index in [0.29, 0.717) is 12.6 Å². The van der Waals surface area contributed by atoms with Crippen molar-refractivity contribution in [2.45, 2.75) is 38.6 Å². The van der Waals surface area contributed by atoms with E-state index < -0.39 is 0 Å². The Morgan fingerprint density at radius 2 is 2.00 bits per heavy atom. The molecule has 4 nitrogen and oxygen atoms in total. The maximum Gasteiger partial charge on any atom is 0.319 e. The minimum atomic E-state index is -0.127. The molecule has 1 atom stereocenters. The number of carbonyl (C=O) groups is 1. The summed E-state index contributed by atoms with van der Waals surface area (Å²) in [6.45, 7) is 5.28. The summed E-state index contributed by atoms with van der Waals surface area (Å²) in [4.78, 5) is 14.7. The molecule has 2 aromatic carbocycles. The van der Waals surface area contributed by atoms with E-state index in [0.717, 1.165) is 29.4 Å². The molecule has 3 rings (SSSR count). The number of amides is 2. The summed E-state index contributed by atoms with van der Waals surface area (Å²) in [6, 6.07) is 14.6. The molecule has 1 aliphatic heterocycles. The highest BCUT2D eigenvalue weighted by molar-refractivity contribution is 6.01. The predicted molar refractivity (Wildman–Crippen MR) is 100 cm³/mol. The third-order valence-corrected chi connectivity index (χ3v) is 4.89. The summed E-state index contributed by atoms with van der Waals surface area (Å²) in [7, 11) is 0. The Labute approximate surface area is 144 Å². The highest BCUT2D eigenvalue weighted by atomic mass is 16.2. The van der Waals surface area contributed by atoms with Crippen LogP contribution in [0.3, 0.4) is 0 Å². The average molecular weight is 325 g/mol. The minimum Gasteiger partial charge on any atom is -0.338 e. The van der Waals surface area contributed by atoms with Crippen LogP contribution in [0.1, 0.15) is 32.6 Å². The lowest BCUT2D eigenvalue weighted by Crippen LogP contribution is -2.39. The molecule has 0 saturated carbocycles. The fourth-order valence-electron chi connectivity index (χ4n) is 3.47. The molecular formula is C20H27N3O. The molecule has 0 spiro atoms. The van der Waals surface area contributed by atoms with Crippen LogP contribution < -0.4 is 10.6 Å². The Bertz CT molecular complexity index is 680. The lowest BCUT2D eigenvalue weighted by Gasteiger charge is -2.33. The van der Waals surface area contributed by atoms with Gasteiger partial charge < -0.3 is 15.5 Å². The Hall–Kier alpha value is -2.07. The van der Waals surface area contributed by atoms with Crippen LogP contribution in [-0.4, -0.2) is 36.6 Å². The number of benzene rings is 2. The van der Waals surface area contributed by atoms with E-state index in [1.807, 2.05) is 30.3 Å². The van der Waals surface area contributed by atoms with E-state index in [2.05, 4.69) is 34.6 Å². The van der Waals surface area contributed by atoms with Gasteiger partial charge in [0.05, 0.1) is 5.69 Å². The first kappa shape index (κ1) is 16.8. The van der Waals surface area contributed by atoms with Gasteiger partial charge in [0.15, 0.2) is 0 Å². The van der Waals surface area contributed by atoms with E-state index in [1.165, 1.54) is 25.8 Å². The van der Waals surface area contributed by atoms with Gasteiger partial charge in [-0.15, -0.1) is 0 Å². The predicted octanol–water partition coefficient (Wildman–Crippen LogP) is 4.23. The highest BCUT2D eigenvalue weighted by Gasteiger charge is 2.17. The summed E-state index contributed by atoms with van der Waals surface area (Å²) in [5.41, 5.74) is 0.857. The first-order valence-electron chi connectivity index (χ1n) is 9.01. The van der Waals surface area contributed by atoms with Gasteiger partial charge in [-0.2, -0.15) is 0 Å². The van der Waals surface area contributed by atoms with Gasteiger partial charge >= 0.3 is 6.03 Å². The molecule has 0 radical (unpaired) electrons. The van der Waals surface area contributed by atoms with Gasteiger partial charge in [0, 0.05) is 24.5 Å². The summed E-state index contributed by atoms with van der Waals surface area (Å²) < 4.78 is 0. The number of carbonyl (C=O) groups excluding carboxylic acids is 1. The number of nitrogens with one attached hydrogen (secondary N) is 2. The van der Waals surface area contributed by atoms with Crippen molar-refractivity contribution >= 4 is 22.5 Å².